The maximum absolute atomic E-state index is 5.35. The van der Waals surface area contributed by atoms with E-state index >= 15 is 0 Å². The van der Waals surface area contributed by atoms with Crippen LogP contribution in [0.2, 0.25) is 0 Å². The molecule has 3 rings (SSSR count). The lowest BCUT2D eigenvalue weighted by atomic mass is 10.0. The van der Waals surface area contributed by atoms with Gasteiger partial charge in [-0.25, -0.2) is 0 Å². The van der Waals surface area contributed by atoms with Crippen molar-refractivity contribution in [3.05, 3.63) is 11.7 Å². The van der Waals surface area contributed by atoms with Crippen LogP contribution < -0.4 is 5.32 Å². The molecule has 94 valence electrons. The molecule has 1 unspecified atom stereocenters. The molecule has 2 saturated heterocycles. The Bertz CT molecular complexity index is 354. The molecule has 2 fully saturated rings. The highest BCUT2D eigenvalue weighted by Crippen LogP contribution is 2.22. The second kappa shape index (κ2) is 5.14. The Labute approximate surface area is 101 Å². The van der Waals surface area contributed by atoms with E-state index in [0.29, 0.717) is 5.92 Å². The minimum absolute atomic E-state index is 0.268. The topological polar surface area (TPSA) is 60.2 Å². The van der Waals surface area contributed by atoms with Crippen molar-refractivity contribution in [2.24, 2.45) is 5.92 Å². The summed E-state index contributed by atoms with van der Waals surface area (Å²) < 4.78 is 10.7. The number of aromatic nitrogens is 2. The average Bonchev–Trinajstić information content (AvgIpc) is 3.02. The molecular weight excluding hydrogens is 218 g/mol. The fourth-order valence-electron chi connectivity index (χ4n) is 2.56. The molecule has 1 aromatic heterocycles. The van der Waals surface area contributed by atoms with Gasteiger partial charge in [-0.2, -0.15) is 4.98 Å². The van der Waals surface area contributed by atoms with Gasteiger partial charge in [-0.1, -0.05) is 11.6 Å². The summed E-state index contributed by atoms with van der Waals surface area (Å²) >= 11 is 0. The fourth-order valence-corrected chi connectivity index (χ4v) is 2.56. The lowest BCUT2D eigenvalue weighted by molar-refractivity contribution is 0.185. The first-order valence-electron chi connectivity index (χ1n) is 6.55. The molecule has 0 saturated carbocycles. The summed E-state index contributed by atoms with van der Waals surface area (Å²) in [5.74, 6) is 2.17. The molecule has 2 atom stereocenters. The largest absolute Gasteiger partial charge is 0.381 e. The fraction of sp³-hybridized carbons (Fsp3) is 0.833. The van der Waals surface area contributed by atoms with Gasteiger partial charge in [0, 0.05) is 19.6 Å². The lowest BCUT2D eigenvalue weighted by Gasteiger charge is -2.19. The van der Waals surface area contributed by atoms with E-state index in [1.807, 2.05) is 0 Å². The van der Waals surface area contributed by atoms with Crippen LogP contribution in [0.25, 0.3) is 0 Å². The number of ether oxygens (including phenoxy) is 1. The van der Waals surface area contributed by atoms with Gasteiger partial charge in [-0.3, -0.25) is 0 Å². The van der Waals surface area contributed by atoms with Crippen molar-refractivity contribution < 1.29 is 9.26 Å². The van der Waals surface area contributed by atoms with Crippen LogP contribution >= 0.6 is 0 Å². The van der Waals surface area contributed by atoms with Gasteiger partial charge in [-0.05, 0) is 31.7 Å². The van der Waals surface area contributed by atoms with Gasteiger partial charge < -0.3 is 14.6 Å². The van der Waals surface area contributed by atoms with E-state index in [0.717, 1.165) is 50.7 Å². The molecule has 1 aromatic rings. The Hall–Kier alpha value is -0.940. The lowest BCUT2D eigenvalue weighted by Crippen LogP contribution is -2.27. The maximum Gasteiger partial charge on any atom is 0.243 e. The van der Waals surface area contributed by atoms with E-state index < -0.39 is 0 Å². The number of hydrogen-bond donors (Lipinski definition) is 1. The molecule has 1 N–H and O–H groups in total. The van der Waals surface area contributed by atoms with Crippen molar-refractivity contribution in [3.8, 4) is 0 Å². The molecule has 5 heteroatoms. The summed E-state index contributed by atoms with van der Waals surface area (Å²) in [5.41, 5.74) is 0. The number of rotatable bonds is 3. The van der Waals surface area contributed by atoms with Crippen LogP contribution in [0.3, 0.4) is 0 Å². The number of piperidine rings is 1. The molecule has 5 nitrogen and oxygen atoms in total. The summed E-state index contributed by atoms with van der Waals surface area (Å²) in [6.07, 6.45) is 5.60. The van der Waals surface area contributed by atoms with Gasteiger partial charge in [0.15, 0.2) is 5.82 Å². The number of hydrogen-bond acceptors (Lipinski definition) is 5. The molecule has 0 amide bonds. The molecule has 0 aromatic carbocycles. The summed E-state index contributed by atoms with van der Waals surface area (Å²) in [4.78, 5) is 4.50. The molecule has 3 heterocycles. The second-order valence-electron chi connectivity index (χ2n) is 4.99. The highest BCUT2D eigenvalue weighted by atomic mass is 16.5. The Balaban J connectivity index is 1.60. The highest BCUT2D eigenvalue weighted by molar-refractivity contribution is 4.95. The van der Waals surface area contributed by atoms with E-state index in [1.165, 1.54) is 12.8 Å². The summed E-state index contributed by atoms with van der Waals surface area (Å²) in [6.45, 7) is 2.77. The Kier molecular flexibility index (Phi) is 3.38. The summed E-state index contributed by atoms with van der Waals surface area (Å²) in [5, 5.41) is 7.49. The normalized spacial score (nSPS) is 29.6. The van der Waals surface area contributed by atoms with Crippen molar-refractivity contribution in [2.75, 3.05) is 19.8 Å². The van der Waals surface area contributed by atoms with Crippen LogP contribution in [-0.2, 0) is 11.2 Å². The first kappa shape index (κ1) is 11.2. The van der Waals surface area contributed by atoms with E-state index in [2.05, 4.69) is 15.5 Å². The predicted octanol–water partition coefficient (Wildman–Crippen LogP) is 1.46. The van der Waals surface area contributed by atoms with E-state index in [-0.39, 0.29) is 6.04 Å². The van der Waals surface area contributed by atoms with Gasteiger partial charge in [0.1, 0.15) is 0 Å². The zero-order chi connectivity index (χ0) is 11.5. The van der Waals surface area contributed by atoms with Crippen molar-refractivity contribution in [1.82, 2.24) is 15.5 Å². The predicted molar refractivity (Wildman–Crippen MR) is 61.5 cm³/mol. The number of nitrogens with one attached hydrogen (secondary N) is 1. The van der Waals surface area contributed by atoms with E-state index in [4.69, 9.17) is 9.26 Å². The number of nitrogens with zero attached hydrogens (tertiary/aromatic N) is 2. The molecule has 2 aliphatic heterocycles. The molecule has 0 spiro atoms. The molecule has 0 bridgehead atoms. The summed E-state index contributed by atoms with van der Waals surface area (Å²) in [7, 11) is 0. The third-order valence-electron chi connectivity index (χ3n) is 3.59. The maximum atomic E-state index is 5.35. The Morgan fingerprint density at radius 2 is 2.29 bits per heavy atom. The van der Waals surface area contributed by atoms with Crippen LogP contribution in [0.4, 0.5) is 0 Å². The van der Waals surface area contributed by atoms with Gasteiger partial charge >= 0.3 is 0 Å². The van der Waals surface area contributed by atoms with Crippen molar-refractivity contribution >= 4 is 0 Å². The Morgan fingerprint density at radius 1 is 1.29 bits per heavy atom. The van der Waals surface area contributed by atoms with Crippen molar-refractivity contribution in [3.63, 3.8) is 0 Å². The minimum atomic E-state index is 0.268. The smallest absolute Gasteiger partial charge is 0.243 e. The van der Waals surface area contributed by atoms with Gasteiger partial charge in [0.2, 0.25) is 5.89 Å². The van der Waals surface area contributed by atoms with Crippen LogP contribution in [-0.4, -0.2) is 29.9 Å². The standard InChI is InChI=1S/C12H19N3O2/c1-2-5-13-10(3-1)12-14-11(15-17-12)7-9-4-6-16-8-9/h9-10,13H,1-8H2/t9?,10-/m1/s1. The van der Waals surface area contributed by atoms with E-state index in [1.54, 1.807) is 0 Å². The SMILES string of the molecule is C1CC[C@H](c2nc(CC3CCOC3)no2)NC1. The Morgan fingerprint density at radius 3 is 3.06 bits per heavy atom. The van der Waals surface area contributed by atoms with Crippen LogP contribution in [0.15, 0.2) is 4.52 Å². The van der Waals surface area contributed by atoms with Crippen LogP contribution in [0.5, 0.6) is 0 Å². The van der Waals surface area contributed by atoms with Gasteiger partial charge in [-0.15, -0.1) is 0 Å². The van der Waals surface area contributed by atoms with Crippen molar-refractivity contribution in [2.45, 2.75) is 38.1 Å². The monoisotopic (exact) mass is 237 g/mol. The molecule has 2 aliphatic rings. The molecule has 17 heavy (non-hydrogen) atoms. The zero-order valence-corrected chi connectivity index (χ0v) is 10.0. The molecule has 0 aliphatic carbocycles. The van der Waals surface area contributed by atoms with Crippen LogP contribution in [0.1, 0.15) is 43.4 Å². The second-order valence-corrected chi connectivity index (χ2v) is 4.99. The molecular formula is C12H19N3O2. The van der Waals surface area contributed by atoms with Crippen molar-refractivity contribution in [1.29, 1.82) is 0 Å². The average molecular weight is 237 g/mol. The summed E-state index contributed by atoms with van der Waals surface area (Å²) in [6, 6.07) is 0.268. The minimum Gasteiger partial charge on any atom is -0.381 e. The highest BCUT2D eigenvalue weighted by Gasteiger charge is 2.23. The van der Waals surface area contributed by atoms with E-state index in [9.17, 15) is 0 Å². The zero-order valence-electron chi connectivity index (χ0n) is 10.0. The van der Waals surface area contributed by atoms with Gasteiger partial charge in [0.05, 0.1) is 6.04 Å². The third kappa shape index (κ3) is 2.66. The molecule has 0 radical (unpaired) electrons. The quantitative estimate of drug-likeness (QED) is 0.862. The van der Waals surface area contributed by atoms with Gasteiger partial charge in [0.25, 0.3) is 0 Å². The van der Waals surface area contributed by atoms with Crippen LogP contribution in [0, 0.1) is 5.92 Å². The third-order valence-corrected chi connectivity index (χ3v) is 3.59. The first-order chi connectivity index (χ1) is 8.42. The first-order valence-corrected chi connectivity index (χ1v) is 6.55.